The maximum absolute atomic E-state index is 3.48. The highest BCUT2D eigenvalue weighted by atomic mass is 15.2. The molecule has 106 valence electrons. The molecule has 0 aromatic rings. The molecule has 0 aromatic carbocycles. The van der Waals surface area contributed by atoms with Crippen LogP contribution in [0.15, 0.2) is 0 Å². The quantitative estimate of drug-likeness (QED) is 0.826. The highest BCUT2D eigenvalue weighted by Gasteiger charge is 2.35. The molecule has 1 aliphatic carbocycles. The summed E-state index contributed by atoms with van der Waals surface area (Å²) in [6.45, 7) is 13.4. The van der Waals surface area contributed by atoms with Crippen LogP contribution in [0.3, 0.4) is 0 Å². The number of hydrogen-bond donors (Lipinski definition) is 1. The molecule has 2 aliphatic rings. The zero-order valence-electron chi connectivity index (χ0n) is 12.8. The Morgan fingerprint density at radius 3 is 2.33 bits per heavy atom. The molecule has 1 atom stereocenters. The Kier molecular flexibility index (Phi) is 4.71. The van der Waals surface area contributed by atoms with Gasteiger partial charge in [0.25, 0.3) is 0 Å². The number of nitrogens with zero attached hydrogens (tertiary/aromatic N) is 1. The summed E-state index contributed by atoms with van der Waals surface area (Å²) >= 11 is 0. The summed E-state index contributed by atoms with van der Waals surface area (Å²) in [6, 6.07) is 1.55. The predicted octanol–water partition coefficient (Wildman–Crippen LogP) is 3.28. The fourth-order valence-electron chi connectivity index (χ4n) is 3.83. The minimum Gasteiger partial charge on any atom is -0.317 e. The Hall–Kier alpha value is -0.0800. The average Bonchev–Trinajstić information content (AvgIpc) is 2.67. The molecule has 18 heavy (non-hydrogen) atoms. The van der Waals surface area contributed by atoms with Crippen LogP contribution in [0, 0.1) is 11.3 Å². The summed E-state index contributed by atoms with van der Waals surface area (Å²) in [7, 11) is 0. The lowest BCUT2D eigenvalue weighted by Gasteiger charge is -2.37. The fourth-order valence-corrected chi connectivity index (χ4v) is 3.83. The fraction of sp³-hybridized carbons (Fsp3) is 1.00. The van der Waals surface area contributed by atoms with Gasteiger partial charge in [-0.2, -0.15) is 0 Å². The SMILES string of the molecule is CC(C)N(CC1CCNCC1)C1CCC(C)(C)C1. The third-order valence-electron chi connectivity index (χ3n) is 5.00. The van der Waals surface area contributed by atoms with Crippen molar-refractivity contribution in [1.82, 2.24) is 10.2 Å². The molecule has 0 amide bonds. The van der Waals surface area contributed by atoms with Crippen LogP contribution in [0.4, 0.5) is 0 Å². The zero-order valence-corrected chi connectivity index (χ0v) is 12.8. The standard InChI is InChI=1S/C16H32N2/c1-13(2)18(12-14-6-9-17-10-7-14)15-5-8-16(3,4)11-15/h13-15,17H,5-12H2,1-4H3. The van der Waals surface area contributed by atoms with Crippen molar-refractivity contribution in [2.45, 2.75) is 71.9 Å². The molecule has 1 unspecified atom stereocenters. The van der Waals surface area contributed by atoms with Crippen molar-refractivity contribution in [2.75, 3.05) is 19.6 Å². The molecule has 2 heteroatoms. The maximum atomic E-state index is 3.48. The molecule has 1 saturated heterocycles. The summed E-state index contributed by atoms with van der Waals surface area (Å²) in [4.78, 5) is 2.81. The summed E-state index contributed by atoms with van der Waals surface area (Å²) in [6.07, 6.45) is 6.97. The Labute approximate surface area is 114 Å². The molecule has 2 nitrogen and oxygen atoms in total. The topological polar surface area (TPSA) is 15.3 Å². The van der Waals surface area contributed by atoms with E-state index >= 15 is 0 Å². The van der Waals surface area contributed by atoms with Gasteiger partial charge in [-0.15, -0.1) is 0 Å². The number of rotatable bonds is 4. The molecule has 0 aromatic heterocycles. The van der Waals surface area contributed by atoms with Crippen molar-refractivity contribution < 1.29 is 0 Å². The lowest BCUT2D eigenvalue weighted by atomic mass is 9.91. The molecule has 2 fully saturated rings. The summed E-state index contributed by atoms with van der Waals surface area (Å²) < 4.78 is 0. The van der Waals surface area contributed by atoms with Crippen LogP contribution in [0.5, 0.6) is 0 Å². The van der Waals surface area contributed by atoms with Gasteiger partial charge in [-0.25, -0.2) is 0 Å². The van der Waals surface area contributed by atoms with E-state index in [4.69, 9.17) is 0 Å². The van der Waals surface area contributed by atoms with Gasteiger partial charge in [0.1, 0.15) is 0 Å². The number of hydrogen-bond acceptors (Lipinski definition) is 2. The van der Waals surface area contributed by atoms with E-state index in [1.807, 2.05) is 0 Å². The van der Waals surface area contributed by atoms with Crippen LogP contribution in [-0.4, -0.2) is 36.6 Å². The van der Waals surface area contributed by atoms with Gasteiger partial charge < -0.3 is 5.32 Å². The van der Waals surface area contributed by atoms with E-state index in [0.29, 0.717) is 11.5 Å². The largest absolute Gasteiger partial charge is 0.317 e. The second-order valence-electron chi connectivity index (χ2n) is 7.54. The van der Waals surface area contributed by atoms with Crippen LogP contribution < -0.4 is 5.32 Å². The van der Waals surface area contributed by atoms with Crippen LogP contribution >= 0.6 is 0 Å². The van der Waals surface area contributed by atoms with Gasteiger partial charge in [0.2, 0.25) is 0 Å². The van der Waals surface area contributed by atoms with Crippen molar-refractivity contribution in [3.05, 3.63) is 0 Å². The van der Waals surface area contributed by atoms with Gasteiger partial charge in [-0.05, 0) is 70.4 Å². The Balaban J connectivity index is 1.91. The van der Waals surface area contributed by atoms with E-state index in [1.54, 1.807) is 0 Å². The number of piperidine rings is 1. The first kappa shape index (κ1) is 14.3. The number of nitrogens with one attached hydrogen (secondary N) is 1. The molecule has 0 bridgehead atoms. The Morgan fingerprint density at radius 2 is 1.83 bits per heavy atom. The highest BCUT2D eigenvalue weighted by molar-refractivity contribution is 4.90. The van der Waals surface area contributed by atoms with Crippen molar-refractivity contribution in [3.63, 3.8) is 0 Å². The molecule has 0 radical (unpaired) electrons. The zero-order chi connectivity index (χ0) is 13.2. The van der Waals surface area contributed by atoms with E-state index in [0.717, 1.165) is 12.0 Å². The molecule has 0 spiro atoms. The highest BCUT2D eigenvalue weighted by Crippen LogP contribution is 2.40. The lowest BCUT2D eigenvalue weighted by molar-refractivity contribution is 0.112. The second kappa shape index (κ2) is 5.92. The van der Waals surface area contributed by atoms with Gasteiger partial charge >= 0.3 is 0 Å². The van der Waals surface area contributed by atoms with Crippen LogP contribution in [0.2, 0.25) is 0 Å². The normalized spacial score (nSPS) is 29.3. The first-order chi connectivity index (χ1) is 8.48. The van der Waals surface area contributed by atoms with Gasteiger partial charge in [0.05, 0.1) is 0 Å². The van der Waals surface area contributed by atoms with Gasteiger partial charge in [-0.3, -0.25) is 4.90 Å². The van der Waals surface area contributed by atoms with E-state index in [9.17, 15) is 0 Å². The first-order valence-corrected chi connectivity index (χ1v) is 7.94. The summed E-state index contributed by atoms with van der Waals surface area (Å²) in [5.74, 6) is 0.928. The van der Waals surface area contributed by atoms with Crippen LogP contribution in [-0.2, 0) is 0 Å². The van der Waals surface area contributed by atoms with Crippen molar-refractivity contribution in [3.8, 4) is 0 Å². The van der Waals surface area contributed by atoms with Crippen LogP contribution in [0.25, 0.3) is 0 Å². The smallest absolute Gasteiger partial charge is 0.0103 e. The molecular weight excluding hydrogens is 220 g/mol. The molecule has 2 rings (SSSR count). The molecule has 1 N–H and O–H groups in total. The maximum Gasteiger partial charge on any atom is 0.0103 e. The average molecular weight is 252 g/mol. The summed E-state index contributed by atoms with van der Waals surface area (Å²) in [5.41, 5.74) is 0.575. The van der Waals surface area contributed by atoms with Crippen molar-refractivity contribution in [2.24, 2.45) is 11.3 Å². The Bertz CT molecular complexity index is 254. The van der Waals surface area contributed by atoms with Gasteiger partial charge in [0.15, 0.2) is 0 Å². The van der Waals surface area contributed by atoms with E-state index in [2.05, 4.69) is 37.9 Å². The third kappa shape index (κ3) is 3.71. The van der Waals surface area contributed by atoms with Crippen LogP contribution in [0.1, 0.15) is 59.8 Å². The first-order valence-electron chi connectivity index (χ1n) is 7.94. The summed E-state index contributed by atoms with van der Waals surface area (Å²) in [5, 5.41) is 3.48. The molecular formula is C16H32N2. The molecule has 1 aliphatic heterocycles. The predicted molar refractivity (Wildman–Crippen MR) is 78.9 cm³/mol. The minimum atomic E-state index is 0.575. The monoisotopic (exact) mass is 252 g/mol. The lowest BCUT2D eigenvalue weighted by Crippen LogP contribution is -2.44. The van der Waals surface area contributed by atoms with Gasteiger partial charge in [0, 0.05) is 18.6 Å². The van der Waals surface area contributed by atoms with E-state index < -0.39 is 0 Å². The van der Waals surface area contributed by atoms with Gasteiger partial charge in [-0.1, -0.05) is 13.8 Å². The molecule has 1 heterocycles. The Morgan fingerprint density at radius 1 is 1.17 bits per heavy atom. The minimum absolute atomic E-state index is 0.575. The van der Waals surface area contributed by atoms with Crippen molar-refractivity contribution in [1.29, 1.82) is 0 Å². The molecule has 1 saturated carbocycles. The van der Waals surface area contributed by atoms with E-state index in [1.165, 1.54) is 51.7 Å². The van der Waals surface area contributed by atoms with Crippen molar-refractivity contribution >= 4 is 0 Å². The second-order valence-corrected chi connectivity index (χ2v) is 7.54. The third-order valence-corrected chi connectivity index (χ3v) is 5.00. The van der Waals surface area contributed by atoms with E-state index in [-0.39, 0.29) is 0 Å².